The summed E-state index contributed by atoms with van der Waals surface area (Å²) in [6.07, 6.45) is 6.29. The molecule has 0 aliphatic heterocycles. The van der Waals surface area contributed by atoms with E-state index in [0.29, 0.717) is 5.56 Å². The Kier molecular flexibility index (Phi) is 3.71. The van der Waals surface area contributed by atoms with Crippen molar-refractivity contribution in [3.63, 3.8) is 0 Å². The zero-order valence-corrected chi connectivity index (χ0v) is 11.0. The molecular weight excluding hydrogens is 230 g/mol. The van der Waals surface area contributed by atoms with Gasteiger partial charge in [0.2, 0.25) is 0 Å². The normalized spacial score (nSPS) is 27.4. The van der Waals surface area contributed by atoms with Gasteiger partial charge in [-0.05, 0) is 19.8 Å². The standard InChI is InChI=1S/C13H21N3O2/c1-3-16-8-10(7-14-16)12(18)15-11-5-4-6-13(11,2)9-17/h7-8,11,17H,3-6,9H2,1-2H3,(H,15,18). The van der Waals surface area contributed by atoms with E-state index in [2.05, 4.69) is 10.4 Å². The molecule has 5 nitrogen and oxygen atoms in total. The summed E-state index contributed by atoms with van der Waals surface area (Å²) >= 11 is 0. The van der Waals surface area contributed by atoms with Gasteiger partial charge < -0.3 is 10.4 Å². The van der Waals surface area contributed by atoms with E-state index in [-0.39, 0.29) is 24.0 Å². The Morgan fingerprint density at radius 2 is 2.50 bits per heavy atom. The van der Waals surface area contributed by atoms with Crippen LogP contribution in [0.25, 0.3) is 0 Å². The molecule has 1 aliphatic rings. The number of aliphatic hydroxyl groups excluding tert-OH is 1. The Labute approximate surface area is 107 Å². The lowest BCUT2D eigenvalue weighted by atomic mass is 9.85. The molecule has 1 fully saturated rings. The van der Waals surface area contributed by atoms with E-state index in [1.165, 1.54) is 0 Å². The second kappa shape index (κ2) is 5.10. The number of nitrogens with one attached hydrogen (secondary N) is 1. The van der Waals surface area contributed by atoms with Gasteiger partial charge in [-0.3, -0.25) is 9.48 Å². The Hall–Kier alpha value is -1.36. The third-order valence-electron chi connectivity index (χ3n) is 3.97. The predicted molar refractivity (Wildman–Crippen MR) is 68.2 cm³/mol. The number of aryl methyl sites for hydroxylation is 1. The van der Waals surface area contributed by atoms with E-state index in [4.69, 9.17) is 0 Å². The summed E-state index contributed by atoms with van der Waals surface area (Å²) in [4.78, 5) is 12.1. The smallest absolute Gasteiger partial charge is 0.254 e. The van der Waals surface area contributed by atoms with E-state index in [9.17, 15) is 9.90 Å². The van der Waals surface area contributed by atoms with Crippen molar-refractivity contribution in [2.45, 2.75) is 45.7 Å². The average molecular weight is 251 g/mol. The van der Waals surface area contributed by atoms with Crippen LogP contribution in [0.4, 0.5) is 0 Å². The summed E-state index contributed by atoms with van der Waals surface area (Å²) < 4.78 is 1.73. The fourth-order valence-electron chi connectivity index (χ4n) is 2.56. The minimum Gasteiger partial charge on any atom is -0.396 e. The number of rotatable bonds is 4. The van der Waals surface area contributed by atoms with Crippen LogP contribution in [0.5, 0.6) is 0 Å². The van der Waals surface area contributed by atoms with E-state index < -0.39 is 0 Å². The summed E-state index contributed by atoms with van der Waals surface area (Å²) in [6, 6.07) is 0.0555. The topological polar surface area (TPSA) is 67.2 Å². The van der Waals surface area contributed by atoms with Crippen molar-refractivity contribution in [1.82, 2.24) is 15.1 Å². The molecule has 2 rings (SSSR count). The van der Waals surface area contributed by atoms with Gasteiger partial charge in [0, 0.05) is 24.2 Å². The zero-order chi connectivity index (χ0) is 13.2. The lowest BCUT2D eigenvalue weighted by Gasteiger charge is -2.29. The summed E-state index contributed by atoms with van der Waals surface area (Å²) in [5.74, 6) is -0.0960. The van der Waals surface area contributed by atoms with E-state index in [1.807, 2.05) is 13.8 Å². The van der Waals surface area contributed by atoms with Gasteiger partial charge in [-0.15, -0.1) is 0 Å². The second-order valence-corrected chi connectivity index (χ2v) is 5.32. The van der Waals surface area contributed by atoms with Gasteiger partial charge in [0.15, 0.2) is 0 Å². The van der Waals surface area contributed by atoms with Gasteiger partial charge >= 0.3 is 0 Å². The summed E-state index contributed by atoms with van der Waals surface area (Å²) in [5, 5.41) is 16.6. The Balaban J connectivity index is 2.03. The highest BCUT2D eigenvalue weighted by Gasteiger charge is 2.39. The van der Waals surface area contributed by atoms with Gasteiger partial charge in [0.1, 0.15) is 0 Å². The maximum Gasteiger partial charge on any atom is 0.254 e. The van der Waals surface area contributed by atoms with Crippen molar-refractivity contribution in [3.8, 4) is 0 Å². The van der Waals surface area contributed by atoms with Crippen LogP contribution >= 0.6 is 0 Å². The monoisotopic (exact) mass is 251 g/mol. The number of aliphatic hydroxyl groups is 1. The van der Waals surface area contributed by atoms with Crippen LogP contribution in [0.15, 0.2) is 12.4 Å². The fourth-order valence-corrected chi connectivity index (χ4v) is 2.56. The van der Waals surface area contributed by atoms with E-state index in [1.54, 1.807) is 17.1 Å². The van der Waals surface area contributed by atoms with Crippen LogP contribution < -0.4 is 5.32 Å². The largest absolute Gasteiger partial charge is 0.396 e. The molecule has 100 valence electrons. The summed E-state index contributed by atoms with van der Waals surface area (Å²) in [6.45, 7) is 4.88. The number of aromatic nitrogens is 2. The molecule has 1 saturated carbocycles. The first kappa shape index (κ1) is 13.1. The maximum absolute atomic E-state index is 12.1. The van der Waals surface area contributed by atoms with Crippen LogP contribution in [-0.2, 0) is 6.54 Å². The molecular formula is C13H21N3O2. The number of nitrogens with zero attached hydrogens (tertiary/aromatic N) is 2. The molecule has 2 atom stereocenters. The minimum absolute atomic E-state index is 0.0555. The van der Waals surface area contributed by atoms with Gasteiger partial charge in [0.05, 0.1) is 18.4 Å². The lowest BCUT2D eigenvalue weighted by molar-refractivity contribution is 0.0830. The Morgan fingerprint density at radius 3 is 3.11 bits per heavy atom. The summed E-state index contributed by atoms with van der Waals surface area (Å²) in [7, 11) is 0. The van der Waals surface area contributed by atoms with Crippen molar-refractivity contribution in [3.05, 3.63) is 18.0 Å². The lowest BCUT2D eigenvalue weighted by Crippen LogP contribution is -2.44. The highest BCUT2D eigenvalue weighted by atomic mass is 16.3. The van der Waals surface area contributed by atoms with Crippen molar-refractivity contribution in [1.29, 1.82) is 0 Å². The van der Waals surface area contributed by atoms with Crippen LogP contribution in [0.1, 0.15) is 43.5 Å². The molecule has 2 unspecified atom stereocenters. The van der Waals surface area contributed by atoms with Crippen LogP contribution in [-0.4, -0.2) is 33.4 Å². The van der Waals surface area contributed by atoms with Crippen LogP contribution in [0, 0.1) is 5.41 Å². The number of amides is 1. The highest BCUT2D eigenvalue weighted by molar-refractivity contribution is 5.93. The number of carbonyl (C=O) groups is 1. The molecule has 0 spiro atoms. The van der Waals surface area contributed by atoms with Gasteiger partial charge in [-0.1, -0.05) is 13.3 Å². The van der Waals surface area contributed by atoms with E-state index in [0.717, 1.165) is 25.8 Å². The molecule has 1 aromatic rings. The number of hydrogen-bond acceptors (Lipinski definition) is 3. The highest BCUT2D eigenvalue weighted by Crippen LogP contribution is 2.37. The third-order valence-corrected chi connectivity index (χ3v) is 3.97. The first-order chi connectivity index (χ1) is 8.59. The minimum atomic E-state index is -0.184. The predicted octanol–water partition coefficient (Wildman–Crippen LogP) is 1.18. The zero-order valence-electron chi connectivity index (χ0n) is 11.0. The van der Waals surface area contributed by atoms with Crippen molar-refractivity contribution < 1.29 is 9.90 Å². The Morgan fingerprint density at radius 1 is 1.72 bits per heavy atom. The molecule has 5 heteroatoms. The van der Waals surface area contributed by atoms with Gasteiger partial charge in [0.25, 0.3) is 5.91 Å². The molecule has 1 heterocycles. The molecule has 1 aliphatic carbocycles. The molecule has 0 bridgehead atoms. The van der Waals surface area contributed by atoms with Gasteiger partial charge in [-0.25, -0.2) is 0 Å². The molecule has 2 N–H and O–H groups in total. The fraction of sp³-hybridized carbons (Fsp3) is 0.692. The van der Waals surface area contributed by atoms with Crippen LogP contribution in [0.3, 0.4) is 0 Å². The summed E-state index contributed by atoms with van der Waals surface area (Å²) in [5.41, 5.74) is 0.403. The second-order valence-electron chi connectivity index (χ2n) is 5.32. The van der Waals surface area contributed by atoms with Crippen molar-refractivity contribution in [2.24, 2.45) is 5.41 Å². The van der Waals surface area contributed by atoms with Crippen molar-refractivity contribution >= 4 is 5.91 Å². The van der Waals surface area contributed by atoms with Crippen molar-refractivity contribution in [2.75, 3.05) is 6.61 Å². The quantitative estimate of drug-likeness (QED) is 0.844. The molecule has 0 aromatic carbocycles. The maximum atomic E-state index is 12.1. The molecule has 1 aromatic heterocycles. The number of hydrogen-bond donors (Lipinski definition) is 2. The molecule has 18 heavy (non-hydrogen) atoms. The molecule has 1 amide bonds. The molecule has 0 radical (unpaired) electrons. The molecule has 0 saturated heterocycles. The Bertz CT molecular complexity index is 430. The van der Waals surface area contributed by atoms with E-state index >= 15 is 0 Å². The average Bonchev–Trinajstić information content (AvgIpc) is 2.97. The SMILES string of the molecule is CCn1cc(C(=O)NC2CCCC2(C)CO)cn1. The van der Waals surface area contributed by atoms with Gasteiger partial charge in [-0.2, -0.15) is 5.10 Å². The first-order valence-electron chi connectivity index (χ1n) is 6.53. The van der Waals surface area contributed by atoms with Crippen LogP contribution in [0.2, 0.25) is 0 Å². The third kappa shape index (κ3) is 2.41. The first-order valence-corrected chi connectivity index (χ1v) is 6.53. The number of carbonyl (C=O) groups excluding carboxylic acids is 1.